The summed E-state index contributed by atoms with van der Waals surface area (Å²) in [4.78, 5) is 0. The Kier molecular flexibility index (Phi) is 32.9. The molecule has 1 heterocycles. The Hall–Kier alpha value is 2.30. The van der Waals surface area contributed by atoms with Crippen LogP contribution in [-0.4, -0.2) is 79.0 Å². The molecule has 0 aliphatic carbocycles. The van der Waals surface area contributed by atoms with Crippen molar-refractivity contribution in [2.24, 2.45) is 0 Å². The molecule has 1 aliphatic rings. The molecule has 1 fully saturated rings. The zero-order chi connectivity index (χ0) is 12.7. The van der Waals surface area contributed by atoms with Crippen LogP contribution in [0.5, 0.6) is 0 Å². The number of nitrogens with one attached hydrogen (secondary N) is 2. The van der Waals surface area contributed by atoms with Crippen molar-refractivity contribution in [3.05, 3.63) is 0 Å². The van der Waals surface area contributed by atoms with E-state index in [0.29, 0.717) is 52.9 Å². The summed E-state index contributed by atoms with van der Waals surface area (Å²) < 4.78 is 21.6. The summed E-state index contributed by atoms with van der Waals surface area (Å²) in [6, 6.07) is 0. The van der Waals surface area contributed by atoms with Crippen LogP contribution in [0.2, 0.25) is 0 Å². The Bertz CT molecular complexity index is 112. The summed E-state index contributed by atoms with van der Waals surface area (Å²) in [5.74, 6) is 0. The minimum Gasteiger partial charge on any atom is -1.00 e. The van der Waals surface area contributed by atoms with E-state index in [1.807, 2.05) is 0 Å². The molecular weight excluding hydrogens is 548 g/mol. The molecule has 1 radical (unpaired) electrons. The number of ether oxygens (including phenoxy) is 4. The minimum absolute atomic E-state index is 0. The molecule has 1 aliphatic heterocycles. The molecule has 0 unspecified atom stereocenters. The Balaban J connectivity index is -0.00000108. The molecule has 2 N–H and O–H groups in total. The van der Waals surface area contributed by atoms with Gasteiger partial charge < -0.3 is 63.5 Å². The van der Waals surface area contributed by atoms with Gasteiger partial charge in [-0.25, -0.2) is 0 Å². The standard InChI is InChI=1S/C12H26N2O4.2BrH.Eu/c1-5-15-9-10-17-7-3-14-4-8-18-12-11-16-6-2-13-1;;;/h13-14H,1-12H2;2*1H;/q;;;+2/p-2. The SMILES string of the molecule is C1COCCOCCNCCOCCOCCN1.[Br-].[Br-].[Eu+2]. The maximum Gasteiger partial charge on any atom is 2.00 e. The van der Waals surface area contributed by atoms with Gasteiger partial charge in [0.1, 0.15) is 0 Å². The van der Waals surface area contributed by atoms with Crippen molar-refractivity contribution >= 4 is 0 Å². The first-order valence-corrected chi connectivity index (χ1v) is 6.72. The van der Waals surface area contributed by atoms with Crippen LogP contribution in [0, 0.1) is 49.4 Å². The van der Waals surface area contributed by atoms with Gasteiger partial charge in [-0.3, -0.25) is 0 Å². The van der Waals surface area contributed by atoms with Crippen LogP contribution < -0.4 is 44.6 Å². The van der Waals surface area contributed by atoms with Crippen LogP contribution in [0.3, 0.4) is 0 Å². The zero-order valence-corrected chi connectivity index (χ0v) is 17.8. The third-order valence-electron chi connectivity index (χ3n) is 2.44. The first-order valence-electron chi connectivity index (χ1n) is 6.72. The predicted molar refractivity (Wildman–Crippen MR) is 69.0 cm³/mol. The summed E-state index contributed by atoms with van der Waals surface area (Å²) in [5, 5.41) is 6.50. The molecule has 0 amide bonds. The minimum atomic E-state index is 0. The zero-order valence-electron chi connectivity index (χ0n) is 12.3. The maximum absolute atomic E-state index is 5.41. The van der Waals surface area contributed by atoms with Crippen molar-refractivity contribution in [2.75, 3.05) is 79.0 Å². The molecule has 0 spiro atoms. The fourth-order valence-electron chi connectivity index (χ4n) is 1.47. The first kappa shape index (κ1) is 28.1. The number of hydrogen-bond acceptors (Lipinski definition) is 6. The van der Waals surface area contributed by atoms with E-state index in [1.165, 1.54) is 0 Å². The normalized spacial score (nSPS) is 20.6. The average Bonchev–Trinajstić information content (AvgIpc) is 2.39. The topological polar surface area (TPSA) is 61.0 Å². The van der Waals surface area contributed by atoms with Crippen LogP contribution in [0.1, 0.15) is 0 Å². The van der Waals surface area contributed by atoms with Gasteiger partial charge in [-0.2, -0.15) is 0 Å². The van der Waals surface area contributed by atoms with Crippen LogP contribution in [0.15, 0.2) is 0 Å². The smallest absolute Gasteiger partial charge is 1.00 e. The molecule has 0 aromatic rings. The molecule has 21 heavy (non-hydrogen) atoms. The van der Waals surface area contributed by atoms with Crippen LogP contribution in [-0.2, 0) is 18.9 Å². The van der Waals surface area contributed by atoms with Gasteiger partial charge in [-0.15, -0.1) is 0 Å². The van der Waals surface area contributed by atoms with Gasteiger partial charge >= 0.3 is 49.4 Å². The quantitative estimate of drug-likeness (QED) is 0.301. The third kappa shape index (κ3) is 22.3. The Morgan fingerprint density at radius 3 is 0.905 bits per heavy atom. The fraction of sp³-hybridized carbons (Fsp3) is 1.00. The second kappa shape index (κ2) is 24.6. The van der Waals surface area contributed by atoms with E-state index in [4.69, 9.17) is 18.9 Å². The Morgan fingerprint density at radius 1 is 0.429 bits per heavy atom. The molecular formula is C12H26Br2EuN2O4. The third-order valence-corrected chi connectivity index (χ3v) is 2.44. The van der Waals surface area contributed by atoms with Crippen molar-refractivity contribution in [1.82, 2.24) is 10.6 Å². The van der Waals surface area contributed by atoms with Gasteiger partial charge in [-0.1, -0.05) is 0 Å². The van der Waals surface area contributed by atoms with Gasteiger partial charge in [0.2, 0.25) is 0 Å². The summed E-state index contributed by atoms with van der Waals surface area (Å²) in [6.45, 7) is 8.86. The van der Waals surface area contributed by atoms with E-state index in [0.717, 1.165) is 26.2 Å². The Morgan fingerprint density at radius 2 is 0.667 bits per heavy atom. The second-order valence-corrected chi connectivity index (χ2v) is 3.95. The van der Waals surface area contributed by atoms with E-state index in [1.54, 1.807) is 0 Å². The Labute approximate surface area is 189 Å². The van der Waals surface area contributed by atoms with Gasteiger partial charge in [0.25, 0.3) is 0 Å². The number of rotatable bonds is 0. The van der Waals surface area contributed by atoms with Crippen molar-refractivity contribution in [2.45, 2.75) is 0 Å². The fourth-order valence-corrected chi connectivity index (χ4v) is 1.47. The average molecular weight is 574 g/mol. The largest absolute Gasteiger partial charge is 2.00 e. The van der Waals surface area contributed by atoms with Crippen LogP contribution in [0.4, 0.5) is 0 Å². The van der Waals surface area contributed by atoms with Crippen LogP contribution >= 0.6 is 0 Å². The molecule has 0 bridgehead atoms. The number of halogens is 2. The van der Waals surface area contributed by atoms with Gasteiger partial charge in [0, 0.05) is 26.2 Å². The monoisotopic (exact) mass is 573 g/mol. The molecule has 129 valence electrons. The molecule has 0 atom stereocenters. The van der Waals surface area contributed by atoms with Crippen molar-refractivity contribution in [3.8, 4) is 0 Å². The van der Waals surface area contributed by atoms with Crippen molar-refractivity contribution < 1.29 is 102 Å². The van der Waals surface area contributed by atoms with E-state index < -0.39 is 0 Å². The molecule has 0 saturated carbocycles. The van der Waals surface area contributed by atoms with Gasteiger partial charge in [-0.05, 0) is 0 Å². The van der Waals surface area contributed by atoms with Crippen LogP contribution in [0.25, 0.3) is 0 Å². The summed E-state index contributed by atoms with van der Waals surface area (Å²) in [6.07, 6.45) is 0. The molecule has 1 rings (SSSR count). The first-order chi connectivity index (χ1) is 9.00. The van der Waals surface area contributed by atoms with E-state index in [-0.39, 0.29) is 83.3 Å². The van der Waals surface area contributed by atoms with E-state index >= 15 is 0 Å². The van der Waals surface area contributed by atoms with Crippen molar-refractivity contribution in [3.63, 3.8) is 0 Å². The van der Waals surface area contributed by atoms with Gasteiger partial charge in [0.15, 0.2) is 0 Å². The van der Waals surface area contributed by atoms with E-state index in [2.05, 4.69) is 10.6 Å². The molecule has 1 saturated heterocycles. The summed E-state index contributed by atoms with van der Waals surface area (Å²) in [5.41, 5.74) is 0. The summed E-state index contributed by atoms with van der Waals surface area (Å²) >= 11 is 0. The molecule has 9 heteroatoms. The predicted octanol–water partition coefficient (Wildman–Crippen LogP) is -6.75. The van der Waals surface area contributed by atoms with E-state index in [9.17, 15) is 0 Å². The number of hydrogen-bond donors (Lipinski definition) is 2. The molecule has 0 aromatic carbocycles. The maximum atomic E-state index is 5.41. The van der Waals surface area contributed by atoms with Crippen molar-refractivity contribution in [1.29, 1.82) is 0 Å². The molecule has 0 aromatic heterocycles. The molecule has 6 nitrogen and oxygen atoms in total. The second-order valence-electron chi connectivity index (χ2n) is 3.95. The summed E-state index contributed by atoms with van der Waals surface area (Å²) in [7, 11) is 0. The van der Waals surface area contributed by atoms with Gasteiger partial charge in [0.05, 0.1) is 52.9 Å².